The van der Waals surface area contributed by atoms with Gasteiger partial charge in [0.2, 0.25) is 10.0 Å². The molecule has 0 spiro atoms. The van der Waals surface area contributed by atoms with Crippen LogP contribution < -0.4 is 21.3 Å². The van der Waals surface area contributed by atoms with Crippen LogP contribution in [0.25, 0.3) is 0 Å². The molecular weight excluding hydrogens is 294 g/mol. The van der Waals surface area contributed by atoms with Crippen molar-refractivity contribution in [3.05, 3.63) is 23.4 Å². The van der Waals surface area contributed by atoms with E-state index in [1.165, 1.54) is 13.1 Å². The molecule has 0 aliphatic carbocycles. The van der Waals surface area contributed by atoms with E-state index in [0.29, 0.717) is 11.4 Å². The van der Waals surface area contributed by atoms with Crippen molar-refractivity contribution in [2.45, 2.75) is 19.8 Å². The van der Waals surface area contributed by atoms with Crippen molar-refractivity contribution in [1.29, 1.82) is 0 Å². The highest BCUT2D eigenvalue weighted by Gasteiger charge is 2.13. The monoisotopic (exact) mass is 315 g/mol. The Labute approximate surface area is 124 Å². The molecule has 1 amide bonds. The van der Waals surface area contributed by atoms with E-state index in [0.717, 1.165) is 5.69 Å². The van der Waals surface area contributed by atoms with Gasteiger partial charge in [0.25, 0.3) is 5.91 Å². The number of carbonyl (C=O) groups excluding carboxylic acids is 1. The Morgan fingerprint density at radius 3 is 2.57 bits per heavy atom. The van der Waals surface area contributed by atoms with E-state index in [1.54, 1.807) is 6.07 Å². The summed E-state index contributed by atoms with van der Waals surface area (Å²) in [5, 5.41) is 2.55. The molecule has 0 unspecified atom stereocenters. The first kappa shape index (κ1) is 17.3. The number of amides is 1. The van der Waals surface area contributed by atoms with Crippen LogP contribution >= 0.6 is 0 Å². The van der Waals surface area contributed by atoms with Crippen molar-refractivity contribution in [1.82, 2.24) is 15.0 Å². The van der Waals surface area contributed by atoms with Gasteiger partial charge in [-0.15, -0.1) is 0 Å². The molecule has 1 aromatic rings. The number of hydrazine groups is 1. The van der Waals surface area contributed by atoms with E-state index in [4.69, 9.17) is 5.84 Å². The number of nitrogens with one attached hydrogen (secondary N) is 3. The van der Waals surface area contributed by atoms with Gasteiger partial charge in [-0.2, -0.15) is 0 Å². The summed E-state index contributed by atoms with van der Waals surface area (Å²) in [6.45, 7) is 3.92. The molecule has 0 aliphatic heterocycles. The molecule has 1 rings (SSSR count). The zero-order valence-corrected chi connectivity index (χ0v) is 13.1. The van der Waals surface area contributed by atoms with E-state index in [9.17, 15) is 13.2 Å². The summed E-state index contributed by atoms with van der Waals surface area (Å²) < 4.78 is 24.7. The second-order valence-electron chi connectivity index (χ2n) is 4.74. The van der Waals surface area contributed by atoms with Crippen LogP contribution in [-0.4, -0.2) is 38.7 Å². The van der Waals surface area contributed by atoms with Gasteiger partial charge in [0.1, 0.15) is 5.82 Å². The summed E-state index contributed by atoms with van der Waals surface area (Å²) in [4.78, 5) is 16.3. The second-order valence-corrected chi connectivity index (χ2v) is 6.79. The highest BCUT2D eigenvalue weighted by Crippen LogP contribution is 2.17. The number of nitrogens with two attached hydrogens (primary N) is 1. The highest BCUT2D eigenvalue weighted by atomic mass is 32.2. The van der Waals surface area contributed by atoms with Crippen LogP contribution in [-0.2, 0) is 10.0 Å². The molecule has 5 N–H and O–H groups in total. The van der Waals surface area contributed by atoms with Crippen molar-refractivity contribution >= 4 is 21.7 Å². The lowest BCUT2D eigenvalue weighted by atomic mass is 10.1. The van der Waals surface area contributed by atoms with Crippen LogP contribution in [0, 0.1) is 0 Å². The molecule has 0 atom stereocenters. The quantitative estimate of drug-likeness (QED) is 0.407. The summed E-state index contributed by atoms with van der Waals surface area (Å²) in [7, 11) is -2.01. The summed E-state index contributed by atoms with van der Waals surface area (Å²) in [6.07, 6.45) is 0. The maximum absolute atomic E-state index is 12.0. The molecule has 118 valence electrons. The third-order valence-electron chi connectivity index (χ3n) is 2.81. The van der Waals surface area contributed by atoms with Crippen molar-refractivity contribution < 1.29 is 13.2 Å². The molecule has 0 fully saturated rings. The lowest BCUT2D eigenvalue weighted by Gasteiger charge is -2.11. The van der Waals surface area contributed by atoms with Gasteiger partial charge in [-0.1, -0.05) is 13.8 Å². The van der Waals surface area contributed by atoms with Crippen LogP contribution in [0.2, 0.25) is 0 Å². The van der Waals surface area contributed by atoms with E-state index >= 15 is 0 Å². The van der Waals surface area contributed by atoms with E-state index in [2.05, 4.69) is 20.4 Å². The molecule has 0 aromatic carbocycles. The number of aromatic nitrogens is 1. The molecular formula is C12H21N5O3S. The average Bonchev–Trinajstić information content (AvgIpc) is 2.46. The highest BCUT2D eigenvalue weighted by molar-refractivity contribution is 7.89. The van der Waals surface area contributed by atoms with Crippen molar-refractivity contribution in [3.63, 3.8) is 0 Å². The normalized spacial score (nSPS) is 11.5. The molecule has 0 bridgehead atoms. The van der Waals surface area contributed by atoms with Gasteiger partial charge < -0.3 is 10.7 Å². The number of hydrogen-bond donors (Lipinski definition) is 4. The fourth-order valence-corrected chi connectivity index (χ4v) is 2.13. The minimum atomic E-state index is -3.34. The van der Waals surface area contributed by atoms with Crippen molar-refractivity contribution in [2.24, 2.45) is 5.84 Å². The smallest absolute Gasteiger partial charge is 0.251 e. The number of nitrogen functional groups attached to an aromatic ring is 1. The molecule has 1 aromatic heterocycles. The zero-order chi connectivity index (χ0) is 16.0. The molecule has 21 heavy (non-hydrogen) atoms. The summed E-state index contributed by atoms with van der Waals surface area (Å²) >= 11 is 0. The van der Waals surface area contributed by atoms with Gasteiger partial charge in [-0.05, 0) is 25.1 Å². The minimum Gasteiger partial charge on any atom is -0.351 e. The lowest BCUT2D eigenvalue weighted by molar-refractivity contribution is 0.0956. The van der Waals surface area contributed by atoms with Gasteiger partial charge in [-0.3, -0.25) is 4.79 Å². The third kappa shape index (κ3) is 5.29. The Morgan fingerprint density at radius 2 is 2.05 bits per heavy atom. The molecule has 0 radical (unpaired) electrons. The number of nitrogens with zero attached hydrogens (tertiary/aromatic N) is 1. The largest absolute Gasteiger partial charge is 0.351 e. The Hall–Kier alpha value is -1.71. The molecule has 1 heterocycles. The Kier molecular flexibility index (Phi) is 6.06. The lowest BCUT2D eigenvalue weighted by Crippen LogP contribution is -2.33. The number of sulfonamides is 1. The van der Waals surface area contributed by atoms with Crippen LogP contribution in [0.4, 0.5) is 5.82 Å². The molecule has 0 aliphatic rings. The van der Waals surface area contributed by atoms with E-state index < -0.39 is 10.0 Å². The van der Waals surface area contributed by atoms with Gasteiger partial charge in [-0.25, -0.2) is 24.0 Å². The topological polar surface area (TPSA) is 126 Å². The van der Waals surface area contributed by atoms with Crippen LogP contribution in [0.1, 0.15) is 35.8 Å². The van der Waals surface area contributed by atoms with Crippen molar-refractivity contribution in [3.8, 4) is 0 Å². The standard InChI is InChI=1S/C12H21N5O3S/c1-8(2)10-6-9(7-11(16-10)17-13)12(18)15-4-5-21(19,20)14-3/h6-8,14H,4-5,13H2,1-3H3,(H,15,18)(H,16,17). The first-order valence-electron chi connectivity index (χ1n) is 6.47. The average molecular weight is 315 g/mol. The summed E-state index contributed by atoms with van der Waals surface area (Å²) in [5.41, 5.74) is 3.51. The number of rotatable bonds is 7. The number of hydrogen-bond acceptors (Lipinski definition) is 6. The zero-order valence-electron chi connectivity index (χ0n) is 12.3. The molecule has 0 saturated carbocycles. The number of carbonyl (C=O) groups is 1. The predicted octanol–water partition coefficient (Wildman–Crippen LogP) is -0.230. The fraction of sp³-hybridized carbons (Fsp3) is 0.500. The minimum absolute atomic E-state index is 0.0206. The SMILES string of the molecule is CNS(=O)(=O)CCNC(=O)c1cc(NN)nc(C(C)C)c1. The van der Waals surface area contributed by atoms with Crippen LogP contribution in [0.5, 0.6) is 0 Å². The predicted molar refractivity (Wildman–Crippen MR) is 81.3 cm³/mol. The van der Waals surface area contributed by atoms with Gasteiger partial charge in [0, 0.05) is 17.8 Å². The maximum atomic E-state index is 12.0. The number of pyridine rings is 1. The maximum Gasteiger partial charge on any atom is 0.251 e. The summed E-state index contributed by atoms with van der Waals surface area (Å²) in [6, 6.07) is 3.17. The van der Waals surface area contributed by atoms with Gasteiger partial charge >= 0.3 is 0 Å². The third-order valence-corrected chi connectivity index (χ3v) is 4.18. The van der Waals surface area contributed by atoms with Gasteiger partial charge in [0.05, 0.1) is 5.75 Å². The van der Waals surface area contributed by atoms with Crippen molar-refractivity contribution in [2.75, 3.05) is 24.8 Å². The Balaban J connectivity index is 2.80. The first-order chi connectivity index (χ1) is 9.79. The fourth-order valence-electron chi connectivity index (χ4n) is 1.56. The van der Waals surface area contributed by atoms with Crippen LogP contribution in [0.15, 0.2) is 12.1 Å². The Bertz CT molecular complexity index is 601. The van der Waals surface area contributed by atoms with E-state index in [1.807, 2.05) is 13.8 Å². The summed E-state index contributed by atoms with van der Waals surface area (Å²) in [5.74, 6) is 5.29. The molecule has 0 saturated heterocycles. The molecule has 9 heteroatoms. The van der Waals surface area contributed by atoms with Gasteiger partial charge in [0.15, 0.2) is 0 Å². The molecule has 8 nitrogen and oxygen atoms in total. The Morgan fingerprint density at radius 1 is 1.38 bits per heavy atom. The first-order valence-corrected chi connectivity index (χ1v) is 8.12. The second kappa shape index (κ2) is 7.34. The van der Waals surface area contributed by atoms with Crippen LogP contribution in [0.3, 0.4) is 0 Å². The van der Waals surface area contributed by atoms with E-state index in [-0.39, 0.29) is 24.1 Å². The number of anilines is 1.